The highest BCUT2D eigenvalue weighted by atomic mass is 16.7. The predicted octanol–water partition coefficient (Wildman–Crippen LogP) is 3.38. The zero-order valence-corrected chi connectivity index (χ0v) is 26.6. The van der Waals surface area contributed by atoms with E-state index in [1.54, 1.807) is 11.5 Å². The van der Waals surface area contributed by atoms with Gasteiger partial charge in [-0.15, -0.1) is 0 Å². The van der Waals surface area contributed by atoms with E-state index in [0.717, 1.165) is 24.0 Å². The van der Waals surface area contributed by atoms with Gasteiger partial charge in [-0.25, -0.2) is 10.1 Å². The molecule has 2 bridgehead atoms. The van der Waals surface area contributed by atoms with Crippen LogP contribution in [-0.2, 0) is 18.9 Å². The van der Waals surface area contributed by atoms with Gasteiger partial charge in [0.1, 0.15) is 6.04 Å². The Morgan fingerprint density at radius 1 is 1.23 bits per heavy atom. The molecule has 1 aromatic rings. The highest BCUT2D eigenvalue weighted by Gasteiger charge is 2.68. The number of benzene rings is 1. The van der Waals surface area contributed by atoms with Crippen molar-refractivity contribution in [3.05, 3.63) is 51.6 Å². The van der Waals surface area contributed by atoms with Crippen LogP contribution in [0.2, 0.25) is 0 Å². The molecule has 44 heavy (non-hydrogen) atoms. The molecule has 6 atom stereocenters. The summed E-state index contributed by atoms with van der Waals surface area (Å²) >= 11 is 0. The van der Waals surface area contributed by atoms with E-state index >= 15 is 0 Å². The topological polar surface area (TPSA) is 168 Å². The summed E-state index contributed by atoms with van der Waals surface area (Å²) in [4.78, 5) is 37.3. The van der Waals surface area contributed by atoms with Crippen LogP contribution in [0, 0.1) is 45.6 Å². The summed E-state index contributed by atoms with van der Waals surface area (Å²) in [5.74, 6) is -0.396. The Balaban J connectivity index is 1.44. The van der Waals surface area contributed by atoms with Crippen LogP contribution in [0.25, 0.3) is 6.08 Å². The van der Waals surface area contributed by atoms with E-state index in [1.807, 2.05) is 31.2 Å². The second-order valence-electron chi connectivity index (χ2n) is 13.7. The van der Waals surface area contributed by atoms with Crippen LogP contribution >= 0.6 is 0 Å². The fraction of sp³-hybridized carbons (Fsp3) is 0.645. The first-order chi connectivity index (χ1) is 20.7. The largest absolute Gasteiger partial charge is 0.481 e. The van der Waals surface area contributed by atoms with Crippen molar-refractivity contribution in [1.29, 1.82) is 5.41 Å². The number of nitrogens with one attached hydrogen (secondary N) is 5. The maximum atomic E-state index is 13.8. The summed E-state index contributed by atoms with van der Waals surface area (Å²) in [5.41, 5.74) is 3.46. The fourth-order valence-electron chi connectivity index (χ4n) is 7.19. The number of carbonyl (C=O) groups is 2. The molecule has 1 aromatic carbocycles. The van der Waals surface area contributed by atoms with Crippen molar-refractivity contribution < 1.29 is 23.9 Å². The molecule has 13 heteroatoms. The molecule has 5 rings (SSSR count). The molecule has 12 nitrogen and oxygen atoms in total. The molecule has 1 heterocycles. The van der Waals surface area contributed by atoms with Crippen molar-refractivity contribution in [3.8, 4) is 0 Å². The summed E-state index contributed by atoms with van der Waals surface area (Å²) in [6.07, 6.45) is 6.39. The number of nitrogens with zero attached hydrogens (tertiary/aromatic N) is 1. The van der Waals surface area contributed by atoms with Gasteiger partial charge in [0, 0.05) is 12.6 Å². The molecule has 2 amide bonds. The van der Waals surface area contributed by atoms with Crippen molar-refractivity contribution >= 4 is 31.0 Å². The molecule has 0 radical (unpaired) electrons. The number of amides is 2. The lowest BCUT2D eigenvalue weighted by atomic mass is 9.43. The SMILES string of the molecule is Cc1cccc(C=CC(=O)N[C@@H](CCCNC(=N)N[N+](=O)[O-])C(=O)N[C@@H](CC(C)C)B2O[C@@H]3C[C@@H]4C[C@@H](C4(C)C)[C@]3(C)O2)c1. The number of hydrogen-bond acceptors (Lipinski definition) is 7. The maximum Gasteiger partial charge on any atom is 0.481 e. The molecule has 5 N–H and O–H groups in total. The third kappa shape index (κ3) is 7.79. The monoisotopic (exact) mass is 610 g/mol. The molecular weight excluding hydrogens is 563 g/mol. The molecule has 3 aliphatic carbocycles. The molecule has 3 saturated carbocycles. The van der Waals surface area contributed by atoms with Gasteiger partial charge in [-0.05, 0) is 80.8 Å². The Bertz CT molecular complexity index is 1270. The Kier molecular flexibility index (Phi) is 10.4. The Labute approximate surface area is 260 Å². The fourth-order valence-corrected chi connectivity index (χ4v) is 7.19. The van der Waals surface area contributed by atoms with E-state index in [0.29, 0.717) is 24.7 Å². The minimum absolute atomic E-state index is 0.0210. The molecule has 0 spiro atoms. The van der Waals surface area contributed by atoms with Crippen molar-refractivity contribution in [3.63, 3.8) is 0 Å². The van der Waals surface area contributed by atoms with E-state index < -0.39 is 41.6 Å². The van der Waals surface area contributed by atoms with Crippen molar-refractivity contribution in [2.45, 2.75) is 97.3 Å². The number of hydrazine groups is 1. The van der Waals surface area contributed by atoms with Crippen LogP contribution in [0.1, 0.15) is 77.8 Å². The van der Waals surface area contributed by atoms with Crippen LogP contribution in [0.15, 0.2) is 30.3 Å². The minimum atomic E-state index is -0.884. The van der Waals surface area contributed by atoms with Crippen molar-refractivity contribution in [1.82, 2.24) is 21.4 Å². The number of guanidine groups is 1. The van der Waals surface area contributed by atoms with Crippen LogP contribution in [0.4, 0.5) is 0 Å². The predicted molar refractivity (Wildman–Crippen MR) is 169 cm³/mol. The number of carbonyl (C=O) groups excluding carboxylic acids is 2. The van der Waals surface area contributed by atoms with Gasteiger partial charge in [-0.2, -0.15) is 0 Å². The standard InChI is InChI=1S/C31H47BN6O6/c1-19(2)15-26(32-43-25-18-22-17-24(30(22,4)5)31(25,6)44-32)36-28(40)23(11-8-14-34-29(33)37-38(41)42)35-27(39)13-12-21-10-7-9-20(3)16-21/h7,9-10,12-13,16,19,22-26H,8,11,14-15,17-18H2,1-6H3,(H,35,39)(H,36,40)(H3,33,34,37)/t22-,23-,24-,25+,26-,31-/m0/s1. The summed E-state index contributed by atoms with van der Waals surface area (Å²) in [7, 11) is -0.598. The average molecular weight is 611 g/mol. The first kappa shape index (κ1) is 33.4. The summed E-state index contributed by atoms with van der Waals surface area (Å²) < 4.78 is 13.2. The van der Waals surface area contributed by atoms with Crippen molar-refractivity contribution in [2.24, 2.45) is 23.2 Å². The molecule has 0 aromatic heterocycles. The van der Waals surface area contributed by atoms with Gasteiger partial charge >= 0.3 is 7.12 Å². The lowest BCUT2D eigenvalue weighted by Gasteiger charge is -2.64. The lowest BCUT2D eigenvalue weighted by Crippen LogP contribution is -2.65. The van der Waals surface area contributed by atoms with Crippen LogP contribution < -0.4 is 21.4 Å². The first-order valence-corrected chi connectivity index (χ1v) is 15.6. The molecular formula is C31H47BN6O6. The molecule has 0 unspecified atom stereocenters. The highest BCUT2D eigenvalue weighted by molar-refractivity contribution is 6.48. The number of rotatable bonds is 13. The quantitative estimate of drug-likeness (QED) is 0.0431. The summed E-state index contributed by atoms with van der Waals surface area (Å²) in [6.45, 7) is 13.1. The molecule has 1 aliphatic heterocycles. The second kappa shape index (κ2) is 13.7. The van der Waals surface area contributed by atoms with E-state index in [4.69, 9.17) is 14.7 Å². The first-order valence-electron chi connectivity index (χ1n) is 15.6. The molecule has 4 fully saturated rings. The Morgan fingerprint density at radius 3 is 2.64 bits per heavy atom. The number of aryl methyl sites for hydroxylation is 1. The van der Waals surface area contributed by atoms with Gasteiger partial charge in [0.25, 0.3) is 5.96 Å². The molecule has 240 valence electrons. The van der Waals surface area contributed by atoms with Gasteiger partial charge in [-0.1, -0.05) is 62.9 Å². The third-order valence-corrected chi connectivity index (χ3v) is 9.63. The molecule has 4 aliphatic rings. The van der Waals surface area contributed by atoms with Crippen LogP contribution in [-0.4, -0.2) is 60.2 Å². The summed E-state index contributed by atoms with van der Waals surface area (Å²) in [6, 6.07) is 6.84. The van der Waals surface area contributed by atoms with Gasteiger partial charge < -0.3 is 25.3 Å². The minimum Gasteiger partial charge on any atom is -0.404 e. The van der Waals surface area contributed by atoms with E-state index in [2.05, 4.69) is 50.6 Å². The average Bonchev–Trinajstić information content (AvgIpc) is 3.29. The van der Waals surface area contributed by atoms with Gasteiger partial charge in [0.2, 0.25) is 11.8 Å². The maximum absolute atomic E-state index is 13.8. The summed E-state index contributed by atoms with van der Waals surface area (Å²) in [5, 5.41) is 25.9. The smallest absolute Gasteiger partial charge is 0.404 e. The Morgan fingerprint density at radius 2 is 1.98 bits per heavy atom. The van der Waals surface area contributed by atoms with Crippen LogP contribution in [0.5, 0.6) is 0 Å². The zero-order valence-electron chi connectivity index (χ0n) is 26.6. The van der Waals surface area contributed by atoms with Gasteiger partial charge in [0.05, 0.1) is 17.6 Å². The van der Waals surface area contributed by atoms with Crippen LogP contribution in [0.3, 0.4) is 0 Å². The van der Waals surface area contributed by atoms with Gasteiger partial charge in [0.15, 0.2) is 5.03 Å². The van der Waals surface area contributed by atoms with E-state index in [-0.39, 0.29) is 36.3 Å². The number of nitro groups is 1. The zero-order chi connectivity index (χ0) is 32.2. The van der Waals surface area contributed by atoms with E-state index in [1.165, 1.54) is 6.08 Å². The lowest BCUT2D eigenvalue weighted by molar-refractivity contribution is -0.525. The molecule has 1 saturated heterocycles. The third-order valence-electron chi connectivity index (χ3n) is 9.63. The van der Waals surface area contributed by atoms with Gasteiger partial charge in [-0.3, -0.25) is 15.0 Å². The van der Waals surface area contributed by atoms with E-state index in [9.17, 15) is 19.7 Å². The normalized spacial score (nSPS) is 26.3. The second-order valence-corrected chi connectivity index (χ2v) is 13.7. The highest BCUT2D eigenvalue weighted by Crippen LogP contribution is 2.65. The van der Waals surface area contributed by atoms with Crippen molar-refractivity contribution in [2.75, 3.05) is 6.54 Å². The number of hydrogen-bond donors (Lipinski definition) is 5. The Hall–Kier alpha value is -3.45.